The van der Waals surface area contributed by atoms with Crippen LogP contribution in [0.5, 0.6) is 0 Å². The number of aromatic nitrogens is 2. The highest BCUT2D eigenvalue weighted by molar-refractivity contribution is 5.95. The van der Waals surface area contributed by atoms with E-state index >= 15 is 0 Å². The van der Waals surface area contributed by atoms with E-state index < -0.39 is 23.3 Å². The van der Waals surface area contributed by atoms with Gasteiger partial charge in [-0.25, -0.2) is 4.68 Å². The highest BCUT2D eigenvalue weighted by Gasteiger charge is 2.39. The fourth-order valence-corrected chi connectivity index (χ4v) is 4.52. The summed E-state index contributed by atoms with van der Waals surface area (Å²) in [6.45, 7) is 2.33. The van der Waals surface area contributed by atoms with Crippen molar-refractivity contribution >= 4 is 17.7 Å². The lowest BCUT2D eigenvalue weighted by Gasteiger charge is -2.37. The van der Waals surface area contributed by atoms with E-state index in [-0.39, 0.29) is 36.9 Å². The number of carbonyl (C=O) groups excluding carboxylic acids is 3. The third-order valence-corrected chi connectivity index (χ3v) is 6.49. The van der Waals surface area contributed by atoms with Crippen LogP contribution in [-0.2, 0) is 11.0 Å². The maximum atomic E-state index is 13.5. The molecule has 38 heavy (non-hydrogen) atoms. The molecule has 2 N–H and O–H groups in total. The number of benzene rings is 2. The molecule has 4 rings (SSSR count). The first-order chi connectivity index (χ1) is 18.1. The van der Waals surface area contributed by atoms with Crippen LogP contribution >= 0.6 is 0 Å². The Morgan fingerprint density at radius 2 is 1.61 bits per heavy atom. The number of hydrogen-bond acceptors (Lipinski definition) is 4. The molecule has 0 aliphatic carbocycles. The van der Waals surface area contributed by atoms with Crippen LogP contribution < -0.4 is 10.6 Å². The van der Waals surface area contributed by atoms with Crippen molar-refractivity contribution in [1.82, 2.24) is 25.3 Å². The molecule has 3 amide bonds. The first-order valence-corrected chi connectivity index (χ1v) is 12.3. The summed E-state index contributed by atoms with van der Waals surface area (Å²) in [4.78, 5) is 39.7. The maximum Gasteiger partial charge on any atom is 0.435 e. The Bertz CT molecular complexity index is 1280. The molecule has 2 aromatic carbocycles. The predicted molar refractivity (Wildman–Crippen MR) is 134 cm³/mol. The molecule has 1 aliphatic rings. The number of carbonyl (C=O) groups is 3. The van der Waals surface area contributed by atoms with E-state index in [0.717, 1.165) is 10.9 Å². The fraction of sp³-hybridized carbons (Fsp3) is 0.333. The molecule has 1 aliphatic heterocycles. The maximum absolute atomic E-state index is 13.5. The van der Waals surface area contributed by atoms with Gasteiger partial charge >= 0.3 is 6.18 Å². The average molecular weight is 528 g/mol. The number of halogens is 3. The van der Waals surface area contributed by atoms with Gasteiger partial charge in [0.15, 0.2) is 5.69 Å². The molecule has 1 saturated heterocycles. The van der Waals surface area contributed by atoms with E-state index in [4.69, 9.17) is 0 Å². The zero-order chi connectivity index (χ0) is 27.3. The fourth-order valence-electron chi connectivity index (χ4n) is 4.52. The minimum Gasteiger partial charge on any atom is -0.354 e. The Morgan fingerprint density at radius 1 is 0.974 bits per heavy atom. The molecule has 8 nitrogen and oxygen atoms in total. The van der Waals surface area contributed by atoms with Gasteiger partial charge in [-0.15, -0.1) is 0 Å². The highest BCUT2D eigenvalue weighted by Crippen LogP contribution is 2.31. The van der Waals surface area contributed by atoms with Crippen molar-refractivity contribution in [3.05, 3.63) is 83.7 Å². The summed E-state index contributed by atoms with van der Waals surface area (Å²) in [5.41, 5.74) is -0.901. The standard InChI is InChI=1S/C27H28F3N5O3/c1-18-16-20(12-15-34(18)26(38)19-8-4-2-5-9-19)24(36)31-13-14-32-25(37)22-17-35(21-10-6-3-7-11-21)33-23(22)27(28,29)30/h2-11,17-18,20H,12-16H2,1H3,(H,31,36)(H,32,37). The molecule has 3 aromatic rings. The number of likely N-dealkylation sites (tertiary alicyclic amines) is 1. The van der Waals surface area contributed by atoms with E-state index in [1.807, 2.05) is 13.0 Å². The number of amides is 3. The van der Waals surface area contributed by atoms with Crippen LogP contribution in [0.2, 0.25) is 0 Å². The van der Waals surface area contributed by atoms with Crippen molar-refractivity contribution in [3.8, 4) is 5.69 Å². The van der Waals surface area contributed by atoms with Crippen molar-refractivity contribution in [1.29, 1.82) is 0 Å². The Morgan fingerprint density at radius 3 is 2.24 bits per heavy atom. The third-order valence-electron chi connectivity index (χ3n) is 6.49. The Labute approximate surface area is 217 Å². The smallest absolute Gasteiger partial charge is 0.354 e. The summed E-state index contributed by atoms with van der Waals surface area (Å²) in [7, 11) is 0. The predicted octanol–water partition coefficient (Wildman–Crippen LogP) is 3.68. The second kappa shape index (κ2) is 11.5. The molecule has 2 atom stereocenters. The number of rotatable bonds is 7. The van der Waals surface area contributed by atoms with Gasteiger partial charge in [-0.3, -0.25) is 14.4 Å². The van der Waals surface area contributed by atoms with Gasteiger partial charge in [0, 0.05) is 43.4 Å². The summed E-state index contributed by atoms with van der Waals surface area (Å²) in [6, 6.07) is 17.0. The summed E-state index contributed by atoms with van der Waals surface area (Å²) < 4.78 is 41.5. The normalized spacial score (nSPS) is 17.6. The minimum atomic E-state index is -4.81. The van der Waals surface area contributed by atoms with E-state index in [9.17, 15) is 27.6 Å². The van der Waals surface area contributed by atoms with Crippen LogP contribution in [0.1, 0.15) is 46.2 Å². The lowest BCUT2D eigenvalue weighted by Crippen LogP contribution is -2.48. The van der Waals surface area contributed by atoms with Crippen LogP contribution in [0.15, 0.2) is 66.9 Å². The molecular formula is C27H28F3N5O3. The lowest BCUT2D eigenvalue weighted by atomic mass is 9.90. The quantitative estimate of drug-likeness (QED) is 0.459. The van der Waals surface area contributed by atoms with Gasteiger partial charge in [0.05, 0.1) is 11.3 Å². The van der Waals surface area contributed by atoms with Crippen molar-refractivity contribution < 1.29 is 27.6 Å². The number of para-hydroxylation sites is 1. The van der Waals surface area contributed by atoms with Gasteiger partial charge in [-0.1, -0.05) is 36.4 Å². The Hall–Kier alpha value is -4.15. The monoisotopic (exact) mass is 527 g/mol. The molecule has 2 unspecified atom stereocenters. The molecule has 0 radical (unpaired) electrons. The van der Waals surface area contributed by atoms with Crippen LogP contribution in [0.25, 0.3) is 5.69 Å². The molecule has 0 saturated carbocycles. The second-order valence-electron chi connectivity index (χ2n) is 9.15. The molecule has 1 aromatic heterocycles. The second-order valence-corrected chi connectivity index (χ2v) is 9.15. The summed E-state index contributed by atoms with van der Waals surface area (Å²) in [5.74, 6) is -1.53. The van der Waals surface area contributed by atoms with E-state index in [2.05, 4.69) is 15.7 Å². The Balaban J connectivity index is 1.28. The molecule has 11 heteroatoms. The van der Waals surface area contributed by atoms with Crippen molar-refractivity contribution in [2.75, 3.05) is 19.6 Å². The lowest BCUT2D eigenvalue weighted by molar-refractivity contribution is -0.141. The Kier molecular flexibility index (Phi) is 8.13. The van der Waals surface area contributed by atoms with Gasteiger partial charge in [0.2, 0.25) is 5.91 Å². The zero-order valence-electron chi connectivity index (χ0n) is 20.7. The number of nitrogens with one attached hydrogen (secondary N) is 2. The largest absolute Gasteiger partial charge is 0.435 e. The van der Waals surface area contributed by atoms with Gasteiger partial charge < -0.3 is 15.5 Å². The SMILES string of the molecule is CC1CC(C(=O)NCCNC(=O)c2cn(-c3ccccc3)nc2C(F)(F)F)CCN1C(=O)c1ccccc1. The molecule has 200 valence electrons. The van der Waals surface area contributed by atoms with Gasteiger partial charge in [0.25, 0.3) is 11.8 Å². The number of piperidine rings is 1. The van der Waals surface area contributed by atoms with Gasteiger partial charge in [-0.2, -0.15) is 18.3 Å². The van der Waals surface area contributed by atoms with Crippen molar-refractivity contribution in [2.24, 2.45) is 5.92 Å². The van der Waals surface area contributed by atoms with E-state index in [0.29, 0.717) is 30.6 Å². The van der Waals surface area contributed by atoms with Gasteiger partial charge in [0.1, 0.15) is 0 Å². The van der Waals surface area contributed by atoms with Crippen molar-refractivity contribution in [3.63, 3.8) is 0 Å². The molecule has 1 fully saturated rings. The zero-order valence-corrected chi connectivity index (χ0v) is 20.7. The van der Waals surface area contributed by atoms with Crippen LogP contribution in [0.4, 0.5) is 13.2 Å². The molecule has 0 spiro atoms. The minimum absolute atomic E-state index is 0.0519. The first-order valence-electron chi connectivity index (χ1n) is 12.3. The number of nitrogens with zero attached hydrogens (tertiary/aromatic N) is 3. The first kappa shape index (κ1) is 26.9. The molecule has 0 bridgehead atoms. The molecule has 2 heterocycles. The van der Waals surface area contributed by atoms with Gasteiger partial charge in [-0.05, 0) is 44.0 Å². The topological polar surface area (TPSA) is 96.3 Å². The summed E-state index contributed by atoms with van der Waals surface area (Å²) in [5, 5.41) is 8.72. The van der Waals surface area contributed by atoms with Crippen LogP contribution in [0.3, 0.4) is 0 Å². The third kappa shape index (κ3) is 6.21. The van der Waals surface area contributed by atoms with Crippen molar-refractivity contribution in [2.45, 2.75) is 32.0 Å². The van der Waals surface area contributed by atoms with E-state index in [1.165, 1.54) is 0 Å². The van der Waals surface area contributed by atoms with E-state index in [1.54, 1.807) is 59.5 Å². The van der Waals surface area contributed by atoms with Crippen LogP contribution in [-0.4, -0.2) is 58.1 Å². The average Bonchev–Trinajstić information content (AvgIpc) is 3.38. The molecular weight excluding hydrogens is 499 g/mol. The summed E-state index contributed by atoms with van der Waals surface area (Å²) in [6.07, 6.45) is -2.79. The number of hydrogen-bond donors (Lipinski definition) is 2. The summed E-state index contributed by atoms with van der Waals surface area (Å²) >= 11 is 0. The highest BCUT2D eigenvalue weighted by atomic mass is 19.4. The number of alkyl halides is 3. The van der Waals surface area contributed by atoms with Crippen LogP contribution in [0, 0.1) is 5.92 Å².